The Morgan fingerprint density at radius 1 is 0.870 bits per heavy atom. The molecule has 0 saturated carbocycles. The number of aliphatic carboxylic acids is 1. The average Bonchev–Trinajstić information content (AvgIpc) is 2.54. The zero-order valence-corrected chi connectivity index (χ0v) is 13.5. The van der Waals surface area contributed by atoms with Crippen LogP contribution in [0.25, 0.3) is 22.4 Å². The standard InChI is InChI=1S/C19H12Cl2O2/c20-17-9-4-10-18(21)16(17)11-15(19(22)23)14-8-3-6-12-5-1-2-7-13(12)14/h1-11H,(H,22,23)/b15-11-. The lowest BCUT2D eigenvalue weighted by molar-refractivity contribution is -0.130. The lowest BCUT2D eigenvalue weighted by atomic mass is 9.96. The molecule has 3 aromatic carbocycles. The largest absolute Gasteiger partial charge is 0.478 e. The van der Waals surface area contributed by atoms with E-state index in [-0.39, 0.29) is 5.57 Å². The molecule has 0 unspecified atom stereocenters. The Bertz CT molecular complexity index is 904. The van der Waals surface area contributed by atoms with Crippen molar-refractivity contribution in [2.45, 2.75) is 0 Å². The molecule has 23 heavy (non-hydrogen) atoms. The van der Waals surface area contributed by atoms with E-state index in [1.54, 1.807) is 24.3 Å². The molecule has 0 aliphatic heterocycles. The fraction of sp³-hybridized carbons (Fsp3) is 0. The second kappa shape index (κ2) is 6.45. The SMILES string of the molecule is O=C(O)/C(=C\c1c(Cl)cccc1Cl)c1cccc2ccccc12. The van der Waals surface area contributed by atoms with E-state index < -0.39 is 5.97 Å². The van der Waals surface area contributed by atoms with Crippen molar-refractivity contribution in [1.82, 2.24) is 0 Å². The Balaban J connectivity index is 2.27. The number of carboxylic acids is 1. The molecule has 1 N–H and O–H groups in total. The molecular formula is C19H12Cl2O2. The van der Waals surface area contributed by atoms with Crippen molar-refractivity contribution in [3.63, 3.8) is 0 Å². The van der Waals surface area contributed by atoms with Gasteiger partial charge >= 0.3 is 5.97 Å². The van der Waals surface area contributed by atoms with Crippen molar-refractivity contribution in [3.8, 4) is 0 Å². The molecule has 114 valence electrons. The normalized spacial score (nSPS) is 11.7. The second-order valence-corrected chi connectivity index (χ2v) is 5.84. The van der Waals surface area contributed by atoms with E-state index in [1.165, 1.54) is 6.08 Å². The summed E-state index contributed by atoms with van der Waals surface area (Å²) in [4.78, 5) is 11.8. The molecule has 0 bridgehead atoms. The number of rotatable bonds is 3. The van der Waals surface area contributed by atoms with Gasteiger partial charge in [-0.15, -0.1) is 0 Å². The first-order valence-electron chi connectivity index (χ1n) is 6.95. The van der Waals surface area contributed by atoms with Gasteiger partial charge in [-0.25, -0.2) is 4.79 Å². The molecule has 4 heteroatoms. The molecule has 0 radical (unpaired) electrons. The van der Waals surface area contributed by atoms with Crippen molar-refractivity contribution in [3.05, 3.63) is 81.8 Å². The lowest BCUT2D eigenvalue weighted by Gasteiger charge is -2.09. The first-order valence-corrected chi connectivity index (χ1v) is 7.70. The minimum absolute atomic E-state index is 0.150. The fourth-order valence-electron chi connectivity index (χ4n) is 2.51. The molecule has 0 amide bonds. The maximum Gasteiger partial charge on any atom is 0.336 e. The van der Waals surface area contributed by atoms with Gasteiger partial charge in [-0.05, 0) is 34.5 Å². The highest BCUT2D eigenvalue weighted by Crippen LogP contribution is 2.31. The molecule has 0 aromatic heterocycles. The van der Waals surface area contributed by atoms with Gasteiger partial charge in [0.1, 0.15) is 0 Å². The summed E-state index contributed by atoms with van der Waals surface area (Å²) in [5.74, 6) is -1.03. The minimum atomic E-state index is -1.03. The molecule has 2 nitrogen and oxygen atoms in total. The zero-order valence-electron chi connectivity index (χ0n) is 12.0. The van der Waals surface area contributed by atoms with Crippen molar-refractivity contribution < 1.29 is 9.90 Å². The van der Waals surface area contributed by atoms with Gasteiger partial charge in [-0.3, -0.25) is 0 Å². The number of carbonyl (C=O) groups is 1. The third kappa shape index (κ3) is 3.09. The van der Waals surface area contributed by atoms with Gasteiger partial charge in [0.25, 0.3) is 0 Å². The highest BCUT2D eigenvalue weighted by molar-refractivity contribution is 6.38. The molecule has 0 aliphatic rings. The Kier molecular flexibility index (Phi) is 4.37. The number of hydrogen-bond donors (Lipinski definition) is 1. The molecule has 3 aromatic rings. The summed E-state index contributed by atoms with van der Waals surface area (Å²) in [6.45, 7) is 0. The summed E-state index contributed by atoms with van der Waals surface area (Å²) in [5, 5.41) is 12.3. The number of fused-ring (bicyclic) bond motifs is 1. The van der Waals surface area contributed by atoms with Crippen molar-refractivity contribution >= 4 is 51.6 Å². The summed E-state index contributed by atoms with van der Waals surface area (Å²) in [5.41, 5.74) is 1.28. The summed E-state index contributed by atoms with van der Waals surface area (Å²) in [7, 11) is 0. The van der Waals surface area contributed by atoms with Crippen LogP contribution in [0.5, 0.6) is 0 Å². The molecule has 3 rings (SSSR count). The van der Waals surface area contributed by atoms with Crippen LogP contribution in [0.3, 0.4) is 0 Å². The minimum Gasteiger partial charge on any atom is -0.478 e. The van der Waals surface area contributed by atoms with Gasteiger partial charge in [0.15, 0.2) is 0 Å². The summed E-state index contributed by atoms with van der Waals surface area (Å²) in [6, 6.07) is 18.3. The van der Waals surface area contributed by atoms with E-state index in [0.717, 1.165) is 10.8 Å². The van der Waals surface area contributed by atoms with E-state index in [4.69, 9.17) is 23.2 Å². The van der Waals surface area contributed by atoms with Crippen LogP contribution in [-0.4, -0.2) is 11.1 Å². The van der Waals surface area contributed by atoms with Gasteiger partial charge in [-0.2, -0.15) is 0 Å². The second-order valence-electron chi connectivity index (χ2n) is 5.03. The van der Waals surface area contributed by atoms with Crippen LogP contribution in [0.4, 0.5) is 0 Å². The van der Waals surface area contributed by atoms with Gasteiger partial charge in [0, 0.05) is 15.6 Å². The predicted molar refractivity (Wildman–Crippen MR) is 95.9 cm³/mol. The molecule has 0 aliphatic carbocycles. The van der Waals surface area contributed by atoms with Crippen LogP contribution in [0.15, 0.2) is 60.7 Å². The summed E-state index contributed by atoms with van der Waals surface area (Å²) < 4.78 is 0. The van der Waals surface area contributed by atoms with Crippen LogP contribution >= 0.6 is 23.2 Å². The van der Waals surface area contributed by atoms with Crippen LogP contribution in [0.1, 0.15) is 11.1 Å². The van der Waals surface area contributed by atoms with E-state index in [2.05, 4.69) is 0 Å². The quantitative estimate of drug-likeness (QED) is 0.484. The van der Waals surface area contributed by atoms with E-state index >= 15 is 0 Å². The maximum absolute atomic E-state index is 11.8. The zero-order chi connectivity index (χ0) is 16.4. The monoisotopic (exact) mass is 342 g/mol. The molecular weight excluding hydrogens is 331 g/mol. The van der Waals surface area contributed by atoms with E-state index in [1.807, 2.05) is 36.4 Å². The fourth-order valence-corrected chi connectivity index (χ4v) is 3.01. The third-order valence-corrected chi connectivity index (χ3v) is 4.26. The first kappa shape index (κ1) is 15.6. The Labute approximate surface area is 143 Å². The molecule has 0 saturated heterocycles. The number of benzene rings is 3. The number of carboxylic acid groups (broad SMARTS) is 1. The third-order valence-electron chi connectivity index (χ3n) is 3.60. The van der Waals surface area contributed by atoms with Gasteiger partial charge in [-0.1, -0.05) is 71.7 Å². The highest BCUT2D eigenvalue weighted by atomic mass is 35.5. The lowest BCUT2D eigenvalue weighted by Crippen LogP contribution is -2.00. The Morgan fingerprint density at radius 3 is 2.17 bits per heavy atom. The topological polar surface area (TPSA) is 37.3 Å². The van der Waals surface area contributed by atoms with Crippen LogP contribution < -0.4 is 0 Å². The summed E-state index contributed by atoms with van der Waals surface area (Å²) >= 11 is 12.3. The van der Waals surface area contributed by atoms with Crippen molar-refractivity contribution in [2.75, 3.05) is 0 Å². The van der Waals surface area contributed by atoms with Gasteiger partial charge in [0.2, 0.25) is 0 Å². The van der Waals surface area contributed by atoms with E-state index in [0.29, 0.717) is 21.2 Å². The molecule has 0 spiro atoms. The van der Waals surface area contributed by atoms with Crippen LogP contribution in [0.2, 0.25) is 10.0 Å². The van der Waals surface area contributed by atoms with Gasteiger partial charge in [0.05, 0.1) is 5.57 Å². The molecule has 0 fully saturated rings. The number of hydrogen-bond acceptors (Lipinski definition) is 1. The highest BCUT2D eigenvalue weighted by Gasteiger charge is 2.15. The number of halogens is 2. The molecule has 0 atom stereocenters. The first-order chi connectivity index (χ1) is 11.1. The Hall–Kier alpha value is -2.29. The summed E-state index contributed by atoms with van der Waals surface area (Å²) in [6.07, 6.45) is 1.52. The Morgan fingerprint density at radius 2 is 1.48 bits per heavy atom. The predicted octanol–water partition coefficient (Wildman–Crippen LogP) is 5.77. The molecule has 0 heterocycles. The van der Waals surface area contributed by atoms with Crippen LogP contribution in [-0.2, 0) is 4.79 Å². The van der Waals surface area contributed by atoms with Crippen LogP contribution in [0, 0.1) is 0 Å². The van der Waals surface area contributed by atoms with Gasteiger partial charge < -0.3 is 5.11 Å². The van der Waals surface area contributed by atoms with E-state index in [9.17, 15) is 9.90 Å². The van der Waals surface area contributed by atoms with Crippen molar-refractivity contribution in [1.29, 1.82) is 0 Å². The smallest absolute Gasteiger partial charge is 0.336 e. The average molecular weight is 343 g/mol. The maximum atomic E-state index is 11.8. The van der Waals surface area contributed by atoms with Crippen molar-refractivity contribution in [2.24, 2.45) is 0 Å².